The summed E-state index contributed by atoms with van der Waals surface area (Å²) >= 11 is 0. The molecule has 92 valence electrons. The zero-order chi connectivity index (χ0) is 11.9. The van der Waals surface area contributed by atoms with Gasteiger partial charge in [0.25, 0.3) is 0 Å². The SMILES string of the molecule is OCCCCCNCc1cc2ccccc2o1. The number of fused-ring (bicyclic) bond motifs is 1. The van der Waals surface area contributed by atoms with E-state index < -0.39 is 0 Å². The van der Waals surface area contributed by atoms with Gasteiger partial charge >= 0.3 is 0 Å². The minimum Gasteiger partial charge on any atom is -0.460 e. The van der Waals surface area contributed by atoms with Gasteiger partial charge in [-0.25, -0.2) is 0 Å². The van der Waals surface area contributed by atoms with Crippen molar-refractivity contribution in [2.24, 2.45) is 0 Å². The van der Waals surface area contributed by atoms with E-state index in [-0.39, 0.29) is 0 Å². The molecule has 0 aliphatic heterocycles. The molecule has 0 bridgehead atoms. The molecule has 0 fully saturated rings. The summed E-state index contributed by atoms with van der Waals surface area (Å²) in [6.45, 7) is 2.04. The van der Waals surface area contributed by atoms with Crippen LogP contribution in [0.15, 0.2) is 34.7 Å². The molecule has 3 nitrogen and oxygen atoms in total. The van der Waals surface area contributed by atoms with Crippen LogP contribution in [0.3, 0.4) is 0 Å². The highest BCUT2D eigenvalue weighted by Crippen LogP contribution is 2.18. The highest BCUT2D eigenvalue weighted by atomic mass is 16.3. The largest absolute Gasteiger partial charge is 0.460 e. The van der Waals surface area contributed by atoms with Crippen molar-refractivity contribution < 1.29 is 9.52 Å². The van der Waals surface area contributed by atoms with Gasteiger partial charge in [0.05, 0.1) is 6.54 Å². The Morgan fingerprint density at radius 3 is 2.82 bits per heavy atom. The van der Waals surface area contributed by atoms with E-state index in [1.54, 1.807) is 0 Å². The Balaban J connectivity index is 1.75. The predicted molar refractivity (Wildman–Crippen MR) is 68.9 cm³/mol. The van der Waals surface area contributed by atoms with Crippen molar-refractivity contribution in [1.29, 1.82) is 0 Å². The monoisotopic (exact) mass is 233 g/mol. The quantitative estimate of drug-likeness (QED) is 0.723. The summed E-state index contributed by atoms with van der Waals surface area (Å²) < 4.78 is 5.69. The topological polar surface area (TPSA) is 45.4 Å². The molecule has 0 spiro atoms. The Labute approximate surface area is 101 Å². The van der Waals surface area contributed by atoms with Gasteiger partial charge in [0, 0.05) is 12.0 Å². The Hall–Kier alpha value is -1.32. The highest BCUT2D eigenvalue weighted by molar-refractivity contribution is 5.77. The summed E-state index contributed by atoms with van der Waals surface area (Å²) in [5.74, 6) is 0.980. The molecule has 0 radical (unpaired) electrons. The van der Waals surface area contributed by atoms with Crippen molar-refractivity contribution in [2.75, 3.05) is 13.2 Å². The van der Waals surface area contributed by atoms with Crippen LogP contribution in [0, 0.1) is 0 Å². The molecule has 1 aromatic heterocycles. The number of furan rings is 1. The number of para-hydroxylation sites is 1. The molecule has 0 unspecified atom stereocenters. The number of benzene rings is 1. The Morgan fingerprint density at radius 2 is 2.00 bits per heavy atom. The summed E-state index contributed by atoms with van der Waals surface area (Å²) in [6.07, 6.45) is 3.07. The lowest BCUT2D eigenvalue weighted by molar-refractivity contribution is 0.282. The first-order valence-corrected chi connectivity index (χ1v) is 6.19. The van der Waals surface area contributed by atoms with Crippen LogP contribution >= 0.6 is 0 Å². The van der Waals surface area contributed by atoms with E-state index in [0.717, 1.165) is 49.1 Å². The summed E-state index contributed by atoms with van der Waals surface area (Å²) in [5.41, 5.74) is 0.949. The maximum absolute atomic E-state index is 8.65. The Morgan fingerprint density at radius 1 is 1.12 bits per heavy atom. The summed E-state index contributed by atoms with van der Waals surface area (Å²) in [7, 11) is 0. The van der Waals surface area contributed by atoms with Crippen LogP contribution in [-0.4, -0.2) is 18.3 Å². The Kier molecular flexibility index (Phi) is 4.59. The predicted octanol–water partition coefficient (Wildman–Crippen LogP) is 2.69. The molecule has 0 saturated heterocycles. The van der Waals surface area contributed by atoms with E-state index in [4.69, 9.17) is 9.52 Å². The zero-order valence-electron chi connectivity index (χ0n) is 9.98. The van der Waals surface area contributed by atoms with Crippen LogP contribution in [0.4, 0.5) is 0 Å². The second-order valence-electron chi connectivity index (χ2n) is 4.21. The van der Waals surface area contributed by atoms with Crippen molar-refractivity contribution in [3.05, 3.63) is 36.1 Å². The number of hydrogen-bond donors (Lipinski definition) is 2. The molecule has 0 atom stereocenters. The van der Waals surface area contributed by atoms with Gasteiger partial charge < -0.3 is 14.8 Å². The molecule has 0 aliphatic rings. The molecular formula is C14H19NO2. The van der Waals surface area contributed by atoms with Gasteiger partial charge in [-0.2, -0.15) is 0 Å². The molecule has 0 aliphatic carbocycles. The smallest absolute Gasteiger partial charge is 0.134 e. The van der Waals surface area contributed by atoms with Gasteiger partial charge in [-0.15, -0.1) is 0 Å². The van der Waals surface area contributed by atoms with Crippen LogP contribution in [0.5, 0.6) is 0 Å². The number of hydrogen-bond acceptors (Lipinski definition) is 3. The first-order chi connectivity index (χ1) is 8.40. The number of aliphatic hydroxyl groups excluding tert-OH is 1. The van der Waals surface area contributed by atoms with Gasteiger partial charge in [-0.1, -0.05) is 18.2 Å². The number of unbranched alkanes of at least 4 members (excludes halogenated alkanes) is 2. The van der Waals surface area contributed by atoms with E-state index in [1.165, 1.54) is 0 Å². The van der Waals surface area contributed by atoms with Gasteiger partial charge in [0.15, 0.2) is 0 Å². The fraction of sp³-hybridized carbons (Fsp3) is 0.429. The molecule has 1 aromatic carbocycles. The number of nitrogens with one attached hydrogen (secondary N) is 1. The molecule has 0 amide bonds. The maximum Gasteiger partial charge on any atom is 0.134 e. The van der Waals surface area contributed by atoms with Crippen LogP contribution in [0.25, 0.3) is 11.0 Å². The van der Waals surface area contributed by atoms with Crippen molar-refractivity contribution in [2.45, 2.75) is 25.8 Å². The second-order valence-corrected chi connectivity index (χ2v) is 4.21. The van der Waals surface area contributed by atoms with E-state index >= 15 is 0 Å². The average Bonchev–Trinajstić information content (AvgIpc) is 2.76. The Bertz CT molecular complexity index is 417. The van der Waals surface area contributed by atoms with E-state index in [1.807, 2.05) is 18.2 Å². The standard InChI is InChI=1S/C14H19NO2/c16-9-5-1-4-8-15-11-13-10-12-6-2-3-7-14(12)17-13/h2-3,6-7,10,15-16H,1,4-5,8-9,11H2. The average molecular weight is 233 g/mol. The summed E-state index contributed by atoms with van der Waals surface area (Å²) in [4.78, 5) is 0. The van der Waals surface area contributed by atoms with Crippen LogP contribution in [0.2, 0.25) is 0 Å². The minimum atomic E-state index is 0.295. The molecule has 1 heterocycles. The number of rotatable bonds is 7. The fourth-order valence-corrected chi connectivity index (χ4v) is 1.87. The lowest BCUT2D eigenvalue weighted by Crippen LogP contribution is -2.14. The molecule has 2 aromatic rings. The molecule has 2 rings (SSSR count). The van der Waals surface area contributed by atoms with Crippen molar-refractivity contribution in [1.82, 2.24) is 5.32 Å². The van der Waals surface area contributed by atoms with E-state index in [0.29, 0.717) is 6.61 Å². The molecule has 3 heteroatoms. The minimum absolute atomic E-state index is 0.295. The van der Waals surface area contributed by atoms with Crippen LogP contribution < -0.4 is 5.32 Å². The van der Waals surface area contributed by atoms with Crippen LogP contribution in [0.1, 0.15) is 25.0 Å². The first kappa shape index (κ1) is 12.1. The van der Waals surface area contributed by atoms with Gasteiger partial charge in [0.2, 0.25) is 0 Å². The van der Waals surface area contributed by atoms with Crippen molar-refractivity contribution >= 4 is 11.0 Å². The number of aliphatic hydroxyl groups is 1. The highest BCUT2D eigenvalue weighted by Gasteiger charge is 2.01. The summed E-state index contributed by atoms with van der Waals surface area (Å²) in [6, 6.07) is 10.1. The second kappa shape index (κ2) is 6.42. The third kappa shape index (κ3) is 3.58. The zero-order valence-corrected chi connectivity index (χ0v) is 9.98. The van der Waals surface area contributed by atoms with E-state index in [2.05, 4.69) is 17.4 Å². The third-order valence-corrected chi connectivity index (χ3v) is 2.79. The first-order valence-electron chi connectivity index (χ1n) is 6.19. The molecule has 2 N–H and O–H groups in total. The summed E-state index contributed by atoms with van der Waals surface area (Å²) in [5, 5.41) is 13.1. The fourth-order valence-electron chi connectivity index (χ4n) is 1.87. The van der Waals surface area contributed by atoms with Gasteiger partial charge in [-0.3, -0.25) is 0 Å². The van der Waals surface area contributed by atoms with Gasteiger partial charge in [-0.05, 0) is 37.9 Å². The lowest BCUT2D eigenvalue weighted by atomic mass is 10.2. The lowest BCUT2D eigenvalue weighted by Gasteiger charge is -2.01. The van der Waals surface area contributed by atoms with Crippen molar-refractivity contribution in [3.8, 4) is 0 Å². The molecule has 17 heavy (non-hydrogen) atoms. The van der Waals surface area contributed by atoms with Crippen molar-refractivity contribution in [3.63, 3.8) is 0 Å². The van der Waals surface area contributed by atoms with E-state index in [9.17, 15) is 0 Å². The molecule has 0 saturated carbocycles. The third-order valence-electron chi connectivity index (χ3n) is 2.79. The van der Waals surface area contributed by atoms with Crippen LogP contribution in [-0.2, 0) is 6.54 Å². The molecular weight excluding hydrogens is 214 g/mol. The normalized spacial score (nSPS) is 11.1. The maximum atomic E-state index is 8.65. The van der Waals surface area contributed by atoms with Gasteiger partial charge in [0.1, 0.15) is 11.3 Å².